The minimum atomic E-state index is 0.511. The average Bonchev–Trinajstić information content (AvgIpc) is 2.74. The fourth-order valence-corrected chi connectivity index (χ4v) is 1.82. The lowest BCUT2D eigenvalue weighted by molar-refractivity contribution is 0.589. The van der Waals surface area contributed by atoms with Crippen LogP contribution in [0.5, 0.6) is 0 Å². The van der Waals surface area contributed by atoms with Crippen LogP contribution in [0.15, 0.2) is 41.1 Å². The summed E-state index contributed by atoms with van der Waals surface area (Å²) in [5.41, 5.74) is 2.36. The van der Waals surface area contributed by atoms with Gasteiger partial charge in [-0.2, -0.15) is 5.10 Å². The summed E-state index contributed by atoms with van der Waals surface area (Å²) in [6, 6.07) is 8.92. The van der Waals surface area contributed by atoms with Crippen molar-refractivity contribution in [3.05, 3.63) is 46.7 Å². The van der Waals surface area contributed by atoms with Gasteiger partial charge in [-0.3, -0.25) is 0 Å². The lowest BCUT2D eigenvalue weighted by atomic mass is 10.2. The Kier molecular flexibility index (Phi) is 3.97. The standard InChI is InChI=1S/C13H16BrN3/c1-10(2)15-7-11-3-5-13(6-4-11)17-9-12(14)8-16-17/h3-6,8-10,15H,7H2,1-2H3. The first-order chi connectivity index (χ1) is 8.15. The third kappa shape index (κ3) is 3.41. The van der Waals surface area contributed by atoms with Crippen molar-refractivity contribution in [3.63, 3.8) is 0 Å². The van der Waals surface area contributed by atoms with Crippen LogP contribution >= 0.6 is 15.9 Å². The minimum absolute atomic E-state index is 0.511. The molecule has 17 heavy (non-hydrogen) atoms. The zero-order valence-electron chi connectivity index (χ0n) is 10.0. The minimum Gasteiger partial charge on any atom is -0.310 e. The quantitative estimate of drug-likeness (QED) is 0.939. The van der Waals surface area contributed by atoms with Crippen molar-refractivity contribution in [3.8, 4) is 5.69 Å². The molecule has 1 aromatic carbocycles. The van der Waals surface area contributed by atoms with E-state index in [1.165, 1.54) is 5.56 Å². The molecule has 0 aliphatic heterocycles. The molecule has 0 aliphatic carbocycles. The van der Waals surface area contributed by atoms with Gasteiger partial charge in [0.15, 0.2) is 0 Å². The normalized spacial score (nSPS) is 11.1. The van der Waals surface area contributed by atoms with Gasteiger partial charge < -0.3 is 5.32 Å². The first kappa shape index (κ1) is 12.3. The molecule has 0 amide bonds. The van der Waals surface area contributed by atoms with Crippen molar-refractivity contribution >= 4 is 15.9 Å². The van der Waals surface area contributed by atoms with Gasteiger partial charge in [0.25, 0.3) is 0 Å². The Morgan fingerprint density at radius 3 is 2.53 bits per heavy atom. The lowest BCUT2D eigenvalue weighted by Gasteiger charge is -2.08. The van der Waals surface area contributed by atoms with Gasteiger partial charge in [-0.1, -0.05) is 26.0 Å². The Bertz CT molecular complexity index is 474. The monoisotopic (exact) mass is 293 g/mol. The van der Waals surface area contributed by atoms with E-state index in [4.69, 9.17) is 0 Å². The first-order valence-corrected chi connectivity index (χ1v) is 6.47. The second-order valence-corrected chi connectivity index (χ2v) is 5.22. The van der Waals surface area contributed by atoms with Crippen molar-refractivity contribution in [2.75, 3.05) is 0 Å². The van der Waals surface area contributed by atoms with Crippen LogP contribution in [0.4, 0.5) is 0 Å². The van der Waals surface area contributed by atoms with E-state index < -0.39 is 0 Å². The summed E-state index contributed by atoms with van der Waals surface area (Å²) in [4.78, 5) is 0. The van der Waals surface area contributed by atoms with Gasteiger partial charge in [-0.05, 0) is 33.6 Å². The highest BCUT2D eigenvalue weighted by atomic mass is 79.9. The second kappa shape index (κ2) is 5.47. The van der Waals surface area contributed by atoms with Gasteiger partial charge in [0, 0.05) is 18.8 Å². The van der Waals surface area contributed by atoms with Gasteiger partial charge in [0.05, 0.1) is 16.4 Å². The highest BCUT2D eigenvalue weighted by Crippen LogP contribution is 2.13. The maximum absolute atomic E-state index is 4.24. The zero-order chi connectivity index (χ0) is 12.3. The van der Waals surface area contributed by atoms with Crippen molar-refractivity contribution in [1.82, 2.24) is 15.1 Å². The molecular weight excluding hydrogens is 278 g/mol. The topological polar surface area (TPSA) is 29.9 Å². The molecule has 2 aromatic rings. The Hall–Kier alpha value is -1.13. The summed E-state index contributed by atoms with van der Waals surface area (Å²) in [6.45, 7) is 5.20. The molecule has 4 heteroatoms. The molecule has 0 fully saturated rings. The van der Waals surface area contributed by atoms with Crippen LogP contribution < -0.4 is 5.32 Å². The molecule has 0 atom stereocenters. The van der Waals surface area contributed by atoms with Gasteiger partial charge in [-0.25, -0.2) is 4.68 Å². The highest BCUT2D eigenvalue weighted by Gasteiger charge is 1.99. The maximum atomic E-state index is 4.24. The smallest absolute Gasteiger partial charge is 0.0646 e. The summed E-state index contributed by atoms with van der Waals surface area (Å²) >= 11 is 3.39. The van der Waals surface area contributed by atoms with Gasteiger partial charge in [0.1, 0.15) is 0 Å². The van der Waals surface area contributed by atoms with E-state index in [1.54, 1.807) is 6.20 Å². The first-order valence-electron chi connectivity index (χ1n) is 5.68. The number of aromatic nitrogens is 2. The number of hydrogen-bond acceptors (Lipinski definition) is 2. The van der Waals surface area contributed by atoms with Crippen molar-refractivity contribution in [2.24, 2.45) is 0 Å². The fraction of sp³-hybridized carbons (Fsp3) is 0.308. The van der Waals surface area contributed by atoms with Gasteiger partial charge in [-0.15, -0.1) is 0 Å². The Morgan fingerprint density at radius 2 is 2.00 bits per heavy atom. The van der Waals surface area contributed by atoms with Gasteiger partial charge in [0.2, 0.25) is 0 Å². The van der Waals surface area contributed by atoms with Crippen LogP contribution in [0, 0.1) is 0 Å². The van der Waals surface area contributed by atoms with Crippen LogP contribution in [-0.4, -0.2) is 15.8 Å². The third-order valence-electron chi connectivity index (χ3n) is 2.47. The zero-order valence-corrected chi connectivity index (χ0v) is 11.6. The second-order valence-electron chi connectivity index (χ2n) is 4.31. The van der Waals surface area contributed by atoms with E-state index in [1.807, 2.05) is 10.9 Å². The Labute approximate surface area is 110 Å². The summed E-state index contributed by atoms with van der Waals surface area (Å²) < 4.78 is 2.84. The van der Waals surface area contributed by atoms with Crippen molar-refractivity contribution in [2.45, 2.75) is 26.4 Å². The van der Waals surface area contributed by atoms with E-state index >= 15 is 0 Å². The molecule has 0 saturated carbocycles. The molecule has 90 valence electrons. The number of benzene rings is 1. The van der Waals surface area contributed by atoms with Crippen molar-refractivity contribution < 1.29 is 0 Å². The Morgan fingerprint density at radius 1 is 1.29 bits per heavy atom. The molecule has 2 rings (SSSR count). The third-order valence-corrected chi connectivity index (χ3v) is 2.88. The van der Waals surface area contributed by atoms with Crippen LogP contribution in [-0.2, 0) is 6.54 Å². The number of nitrogens with one attached hydrogen (secondary N) is 1. The van der Waals surface area contributed by atoms with Gasteiger partial charge >= 0.3 is 0 Å². The molecule has 3 nitrogen and oxygen atoms in total. The fourth-order valence-electron chi connectivity index (χ4n) is 1.53. The van der Waals surface area contributed by atoms with E-state index in [9.17, 15) is 0 Å². The summed E-state index contributed by atoms with van der Waals surface area (Å²) in [7, 11) is 0. The Balaban J connectivity index is 2.07. The van der Waals surface area contributed by atoms with E-state index in [-0.39, 0.29) is 0 Å². The predicted octanol–water partition coefficient (Wildman–Crippen LogP) is 3.13. The van der Waals surface area contributed by atoms with E-state index in [0.29, 0.717) is 6.04 Å². The maximum Gasteiger partial charge on any atom is 0.0646 e. The van der Waals surface area contributed by atoms with Crippen molar-refractivity contribution in [1.29, 1.82) is 0 Å². The molecule has 0 unspecified atom stereocenters. The molecule has 0 bridgehead atoms. The number of halogens is 1. The lowest BCUT2D eigenvalue weighted by Crippen LogP contribution is -2.21. The summed E-state index contributed by atoms with van der Waals surface area (Å²) in [5.74, 6) is 0. The van der Waals surface area contributed by atoms with E-state index in [2.05, 4.69) is 64.5 Å². The molecule has 1 aromatic heterocycles. The molecule has 1 heterocycles. The molecule has 0 radical (unpaired) electrons. The SMILES string of the molecule is CC(C)NCc1ccc(-n2cc(Br)cn2)cc1. The van der Waals surface area contributed by atoms with E-state index in [0.717, 1.165) is 16.7 Å². The number of nitrogens with zero attached hydrogens (tertiary/aromatic N) is 2. The van der Waals surface area contributed by atoms with Crippen LogP contribution in [0.25, 0.3) is 5.69 Å². The summed E-state index contributed by atoms with van der Waals surface area (Å²) in [6.07, 6.45) is 3.73. The van der Waals surface area contributed by atoms with Crippen LogP contribution in [0.3, 0.4) is 0 Å². The molecule has 0 saturated heterocycles. The highest BCUT2D eigenvalue weighted by molar-refractivity contribution is 9.10. The largest absolute Gasteiger partial charge is 0.310 e. The van der Waals surface area contributed by atoms with Crippen LogP contribution in [0.1, 0.15) is 19.4 Å². The number of rotatable bonds is 4. The molecule has 1 N–H and O–H groups in total. The van der Waals surface area contributed by atoms with Crippen LogP contribution in [0.2, 0.25) is 0 Å². The summed E-state index contributed by atoms with van der Waals surface area (Å²) in [5, 5.41) is 7.64. The molecular formula is C13H16BrN3. The average molecular weight is 294 g/mol. The predicted molar refractivity (Wildman–Crippen MR) is 73.2 cm³/mol. The molecule has 0 aliphatic rings. The number of hydrogen-bond donors (Lipinski definition) is 1. The molecule has 0 spiro atoms.